The number of benzene rings is 2. The van der Waals surface area contributed by atoms with Crippen LogP contribution in [0.2, 0.25) is 0 Å². The molecular formula is C46H64N6O7S. The summed E-state index contributed by atoms with van der Waals surface area (Å²) in [6.07, 6.45) is 10.3. The van der Waals surface area contributed by atoms with Crippen molar-refractivity contribution in [3.63, 3.8) is 0 Å². The maximum absolute atomic E-state index is 13.5. The largest absolute Gasteiger partial charge is 0.506 e. The fourth-order valence-electron chi connectivity index (χ4n) is 9.00. The summed E-state index contributed by atoms with van der Waals surface area (Å²) < 4.78 is 18.0. The summed E-state index contributed by atoms with van der Waals surface area (Å²) in [5.74, 6) is 0.745. The lowest BCUT2D eigenvalue weighted by molar-refractivity contribution is -0.135. The Morgan fingerprint density at radius 3 is 2.63 bits per heavy atom. The van der Waals surface area contributed by atoms with Crippen LogP contribution in [0.5, 0.6) is 11.5 Å². The topological polar surface area (TPSA) is 146 Å². The van der Waals surface area contributed by atoms with Gasteiger partial charge >= 0.3 is 0 Å². The Bertz CT molecular complexity index is 1910. The first-order valence-corrected chi connectivity index (χ1v) is 23.1. The Morgan fingerprint density at radius 1 is 1.05 bits per heavy atom. The Hall–Kier alpha value is -4.08. The van der Waals surface area contributed by atoms with Crippen LogP contribution >= 0.6 is 11.3 Å². The third-order valence-electron chi connectivity index (χ3n) is 12.5. The molecule has 1 spiro atoms. The maximum Gasteiger partial charge on any atom is 0.273 e. The van der Waals surface area contributed by atoms with Gasteiger partial charge in [-0.3, -0.25) is 14.4 Å². The van der Waals surface area contributed by atoms with E-state index in [4.69, 9.17) is 14.2 Å². The zero-order chi connectivity index (χ0) is 41.9. The van der Waals surface area contributed by atoms with Crippen molar-refractivity contribution >= 4 is 34.7 Å². The molecule has 3 fully saturated rings. The number of rotatable bonds is 18. The van der Waals surface area contributed by atoms with E-state index in [1.807, 2.05) is 16.3 Å². The lowest BCUT2D eigenvalue weighted by Gasteiger charge is -2.47. The van der Waals surface area contributed by atoms with Crippen molar-refractivity contribution in [2.75, 3.05) is 84.1 Å². The van der Waals surface area contributed by atoms with E-state index < -0.39 is 0 Å². The molecule has 13 nitrogen and oxygen atoms in total. The van der Waals surface area contributed by atoms with Crippen LogP contribution in [0.3, 0.4) is 0 Å². The molecule has 1 aromatic heterocycles. The Kier molecular flexibility index (Phi) is 15.5. The van der Waals surface area contributed by atoms with E-state index in [1.54, 1.807) is 17.4 Å². The van der Waals surface area contributed by atoms with Crippen LogP contribution in [0.4, 0.5) is 5.69 Å². The molecule has 4 aliphatic rings. The van der Waals surface area contributed by atoms with Crippen molar-refractivity contribution in [3.8, 4) is 11.5 Å². The van der Waals surface area contributed by atoms with Gasteiger partial charge < -0.3 is 44.7 Å². The highest BCUT2D eigenvalue weighted by Gasteiger charge is 2.41. The Morgan fingerprint density at radius 2 is 1.85 bits per heavy atom. The van der Waals surface area contributed by atoms with Gasteiger partial charge in [0.1, 0.15) is 17.1 Å². The molecule has 1 saturated carbocycles. The lowest BCUT2D eigenvalue weighted by Crippen LogP contribution is -2.58. The highest BCUT2D eigenvalue weighted by atomic mass is 32.1. The number of likely N-dealkylation sites (tertiary alicyclic amines) is 1. The fraction of sp³-hybridized carbons (Fsp3) is 0.609. The van der Waals surface area contributed by atoms with Gasteiger partial charge in [-0.05, 0) is 74.2 Å². The van der Waals surface area contributed by atoms with Crippen LogP contribution in [0.25, 0.3) is 0 Å². The summed E-state index contributed by atoms with van der Waals surface area (Å²) in [6.45, 7) is 11.9. The molecule has 0 unspecified atom stereocenters. The van der Waals surface area contributed by atoms with E-state index in [1.165, 1.54) is 17.5 Å². The standard InChI is InChI=1S/C46H64N6O7S/c1-33(2)44-48-38(31-60-44)45(56)51-25-28-59-46(32-51)17-22-50(23-18-46)21-14-34-7-6-8-35(29-34)15-26-57-27-16-41(55)52(37-9-4-3-5-10-37)24-20-47-19-13-36-11-12-39(53)42-43(36)58-30-40(54)49-42/h6-8,11-12,29,31,33,37,47,53H,3-5,9-10,13-28,30,32H2,1-2H3,(H,49,54). The molecule has 0 bridgehead atoms. The normalized spacial score (nSPS) is 18.3. The summed E-state index contributed by atoms with van der Waals surface area (Å²) in [4.78, 5) is 49.7. The number of hydrogen-bond acceptors (Lipinski definition) is 11. The number of fused-ring (bicyclic) bond motifs is 1. The molecule has 3 amide bonds. The smallest absolute Gasteiger partial charge is 0.273 e. The zero-order valence-electron chi connectivity index (χ0n) is 35.6. The number of nitrogens with zero attached hydrogens (tertiary/aromatic N) is 4. The van der Waals surface area contributed by atoms with Gasteiger partial charge in [0.05, 0.1) is 43.4 Å². The number of aromatic hydroxyl groups is 1. The van der Waals surface area contributed by atoms with Crippen LogP contribution in [0.15, 0.2) is 41.8 Å². The van der Waals surface area contributed by atoms with Gasteiger partial charge in [0.15, 0.2) is 12.4 Å². The van der Waals surface area contributed by atoms with Crippen LogP contribution in [0, 0.1) is 0 Å². The molecule has 4 heterocycles. The SMILES string of the molecule is CC(C)c1nc(C(=O)N2CCOC3(CCN(CCc4cccc(CCOCCC(=O)N(CCNCCc5ccc(O)c6c5OCC(=O)N6)C5CCCCC5)c4)CC3)C2)cs1. The number of carbonyl (C=O) groups is 3. The monoisotopic (exact) mass is 844 g/mol. The third kappa shape index (κ3) is 11.6. The predicted octanol–water partition coefficient (Wildman–Crippen LogP) is 5.80. The molecule has 2 saturated heterocycles. The van der Waals surface area contributed by atoms with Gasteiger partial charge in [0.2, 0.25) is 5.91 Å². The second-order valence-corrected chi connectivity index (χ2v) is 18.1. The first-order chi connectivity index (χ1) is 29.2. The van der Waals surface area contributed by atoms with Crippen molar-refractivity contribution in [3.05, 3.63) is 69.2 Å². The van der Waals surface area contributed by atoms with Crippen molar-refractivity contribution in [1.29, 1.82) is 0 Å². The van der Waals surface area contributed by atoms with E-state index in [0.29, 0.717) is 88.4 Å². The second-order valence-electron chi connectivity index (χ2n) is 17.2. The predicted molar refractivity (Wildman–Crippen MR) is 233 cm³/mol. The highest BCUT2D eigenvalue weighted by molar-refractivity contribution is 7.09. The minimum atomic E-state index is -0.279. The number of morpholine rings is 1. The zero-order valence-corrected chi connectivity index (χ0v) is 36.4. The number of carbonyl (C=O) groups excluding carboxylic acids is 3. The van der Waals surface area contributed by atoms with Crippen molar-refractivity contribution in [2.45, 2.75) is 102 Å². The van der Waals surface area contributed by atoms with Gasteiger partial charge in [-0.2, -0.15) is 0 Å². The molecule has 1 aliphatic carbocycles. The summed E-state index contributed by atoms with van der Waals surface area (Å²) in [6, 6.07) is 12.5. The maximum atomic E-state index is 13.5. The van der Waals surface area contributed by atoms with Crippen LogP contribution in [0.1, 0.15) is 103 Å². The molecular weight excluding hydrogens is 781 g/mol. The number of piperidine rings is 1. The second kappa shape index (κ2) is 21.1. The Labute approximate surface area is 359 Å². The highest BCUT2D eigenvalue weighted by Crippen LogP contribution is 2.39. The van der Waals surface area contributed by atoms with E-state index in [2.05, 4.69) is 63.5 Å². The summed E-state index contributed by atoms with van der Waals surface area (Å²) in [7, 11) is 0. The molecule has 3 N–H and O–H groups in total. The number of phenolic OH excluding ortho intramolecular Hbond substituents is 1. The molecule has 7 rings (SSSR count). The van der Waals surface area contributed by atoms with Crippen LogP contribution in [-0.4, -0.2) is 133 Å². The minimum Gasteiger partial charge on any atom is -0.506 e. The van der Waals surface area contributed by atoms with E-state index >= 15 is 0 Å². The lowest BCUT2D eigenvalue weighted by atomic mass is 9.89. The summed E-state index contributed by atoms with van der Waals surface area (Å²) >= 11 is 1.57. The van der Waals surface area contributed by atoms with E-state index in [9.17, 15) is 19.5 Å². The molecule has 0 radical (unpaired) electrons. The molecule has 14 heteroatoms. The quantitative estimate of drug-likeness (QED) is 0.106. The van der Waals surface area contributed by atoms with Crippen LogP contribution < -0.4 is 15.4 Å². The van der Waals surface area contributed by atoms with Gasteiger partial charge in [-0.15, -0.1) is 11.3 Å². The van der Waals surface area contributed by atoms with Crippen molar-refractivity contribution in [1.82, 2.24) is 25.0 Å². The molecule has 0 atom stereocenters. The summed E-state index contributed by atoms with van der Waals surface area (Å²) in [5, 5.41) is 19.3. The molecule has 3 aliphatic heterocycles. The number of phenols is 1. The number of amides is 3. The molecule has 2 aromatic carbocycles. The van der Waals surface area contributed by atoms with Crippen LogP contribution in [-0.2, 0) is 38.3 Å². The van der Waals surface area contributed by atoms with E-state index in [0.717, 1.165) is 81.6 Å². The number of ether oxygens (including phenoxy) is 3. The minimum absolute atomic E-state index is 0.00319. The number of nitrogens with one attached hydrogen (secondary N) is 2. The van der Waals surface area contributed by atoms with Gasteiger partial charge in [0.25, 0.3) is 11.8 Å². The summed E-state index contributed by atoms with van der Waals surface area (Å²) in [5.41, 5.74) is 4.11. The fourth-order valence-corrected chi connectivity index (χ4v) is 9.81. The first kappa shape index (κ1) is 44.0. The molecule has 60 heavy (non-hydrogen) atoms. The molecule has 3 aromatic rings. The molecule has 326 valence electrons. The number of anilines is 1. The van der Waals surface area contributed by atoms with Crippen molar-refractivity contribution < 1.29 is 33.7 Å². The van der Waals surface area contributed by atoms with Gasteiger partial charge in [-0.1, -0.05) is 63.4 Å². The number of thiazole rings is 1. The third-order valence-corrected chi connectivity index (χ3v) is 13.7. The average molecular weight is 845 g/mol. The van der Waals surface area contributed by atoms with Crippen molar-refractivity contribution in [2.24, 2.45) is 0 Å². The van der Waals surface area contributed by atoms with E-state index in [-0.39, 0.29) is 41.7 Å². The van der Waals surface area contributed by atoms with Gasteiger partial charge in [0, 0.05) is 56.6 Å². The first-order valence-electron chi connectivity index (χ1n) is 22.2. The number of hydrogen-bond donors (Lipinski definition) is 3. The average Bonchev–Trinajstić information content (AvgIpc) is 3.77. The number of aromatic nitrogens is 1. The van der Waals surface area contributed by atoms with Gasteiger partial charge in [-0.25, -0.2) is 4.98 Å². The Balaban J connectivity index is 0.794.